The average Bonchev–Trinajstić information content (AvgIpc) is 2.64. The van der Waals surface area contributed by atoms with Crippen LogP contribution in [0.1, 0.15) is 61.8 Å². The molecule has 1 aromatic heterocycles. The normalized spacial score (nSPS) is 11.6. The molecule has 0 saturated carbocycles. The molecule has 0 spiro atoms. The summed E-state index contributed by atoms with van der Waals surface area (Å²) in [5, 5.41) is 12.5. The second-order valence-corrected chi connectivity index (χ2v) is 5.60. The number of carbonyl (C=O) groups excluding carboxylic acids is 1. The molecule has 0 atom stereocenters. The summed E-state index contributed by atoms with van der Waals surface area (Å²) in [6, 6.07) is 0. The van der Waals surface area contributed by atoms with Crippen LogP contribution in [0.4, 0.5) is 0 Å². The summed E-state index contributed by atoms with van der Waals surface area (Å²) >= 11 is 0. The van der Waals surface area contributed by atoms with Crippen molar-refractivity contribution >= 4 is 5.97 Å². The molecule has 0 aromatic carbocycles. The van der Waals surface area contributed by atoms with Crippen molar-refractivity contribution in [3.8, 4) is 0 Å². The van der Waals surface area contributed by atoms with Crippen LogP contribution in [-0.4, -0.2) is 28.4 Å². The Morgan fingerprint density at radius 3 is 2.58 bits per heavy atom. The van der Waals surface area contributed by atoms with Crippen LogP contribution in [0, 0.1) is 6.92 Å². The van der Waals surface area contributed by atoms with Crippen LogP contribution in [0.5, 0.6) is 0 Å². The van der Waals surface area contributed by atoms with Gasteiger partial charge >= 0.3 is 5.97 Å². The minimum atomic E-state index is -0.544. The highest BCUT2D eigenvalue weighted by atomic mass is 16.6. The summed E-state index contributed by atoms with van der Waals surface area (Å²) in [6.45, 7) is 7.44. The molecule has 1 aromatic rings. The SMILES string of the molecule is Cc1onc(C(=O)OC(C)(C)C)c1CCCCCO. The maximum absolute atomic E-state index is 12.0. The molecule has 0 radical (unpaired) electrons. The number of nitrogens with zero attached hydrogens (tertiary/aromatic N) is 1. The quantitative estimate of drug-likeness (QED) is 0.635. The number of aliphatic hydroxyl groups excluding tert-OH is 1. The number of ether oxygens (including phenoxy) is 1. The minimum absolute atomic E-state index is 0.196. The molecule has 5 nitrogen and oxygen atoms in total. The Kier molecular flexibility index (Phi) is 5.54. The number of aromatic nitrogens is 1. The number of aryl methyl sites for hydroxylation is 1. The number of hydrogen-bond donors (Lipinski definition) is 1. The molecule has 0 fully saturated rings. The molecule has 1 N–H and O–H groups in total. The fourth-order valence-electron chi connectivity index (χ4n) is 1.76. The number of aliphatic hydroxyl groups is 1. The van der Waals surface area contributed by atoms with Gasteiger partial charge in [0.2, 0.25) is 0 Å². The number of unbranched alkanes of at least 4 members (excludes halogenated alkanes) is 2. The van der Waals surface area contributed by atoms with E-state index in [2.05, 4.69) is 5.16 Å². The van der Waals surface area contributed by atoms with Gasteiger partial charge in [-0.25, -0.2) is 4.79 Å². The Morgan fingerprint density at radius 2 is 2.00 bits per heavy atom. The van der Waals surface area contributed by atoms with Gasteiger partial charge in [-0.2, -0.15) is 0 Å². The number of rotatable bonds is 6. The molecule has 19 heavy (non-hydrogen) atoms. The van der Waals surface area contributed by atoms with Crippen molar-refractivity contribution in [1.29, 1.82) is 0 Å². The van der Waals surface area contributed by atoms with Crippen molar-refractivity contribution in [2.75, 3.05) is 6.61 Å². The third-order valence-electron chi connectivity index (χ3n) is 2.66. The highest BCUT2D eigenvalue weighted by Gasteiger charge is 2.25. The van der Waals surface area contributed by atoms with E-state index in [1.165, 1.54) is 0 Å². The lowest BCUT2D eigenvalue weighted by Gasteiger charge is -2.18. The van der Waals surface area contributed by atoms with Crippen molar-refractivity contribution in [2.45, 2.75) is 59.0 Å². The third-order valence-corrected chi connectivity index (χ3v) is 2.66. The van der Waals surface area contributed by atoms with Gasteiger partial charge in [-0.1, -0.05) is 11.6 Å². The van der Waals surface area contributed by atoms with Crippen LogP contribution in [0.15, 0.2) is 4.52 Å². The maximum Gasteiger partial charge on any atom is 0.361 e. The zero-order valence-corrected chi connectivity index (χ0v) is 12.2. The lowest BCUT2D eigenvalue weighted by Crippen LogP contribution is -2.24. The van der Waals surface area contributed by atoms with Gasteiger partial charge in [0.15, 0.2) is 5.69 Å². The summed E-state index contributed by atoms with van der Waals surface area (Å²) in [5.41, 5.74) is 0.543. The molecule has 0 bridgehead atoms. The van der Waals surface area contributed by atoms with Gasteiger partial charge in [0.1, 0.15) is 11.4 Å². The van der Waals surface area contributed by atoms with Crippen molar-refractivity contribution in [3.05, 3.63) is 17.0 Å². The minimum Gasteiger partial charge on any atom is -0.455 e. The van der Waals surface area contributed by atoms with Crippen molar-refractivity contribution in [2.24, 2.45) is 0 Å². The third kappa shape index (κ3) is 5.03. The van der Waals surface area contributed by atoms with E-state index in [-0.39, 0.29) is 12.3 Å². The number of carbonyl (C=O) groups is 1. The standard InChI is InChI=1S/C14H23NO4/c1-10-11(8-6-5-7-9-16)12(15-19-10)13(17)18-14(2,3)4/h16H,5-9H2,1-4H3. The summed E-state index contributed by atoms with van der Waals surface area (Å²) in [4.78, 5) is 12.0. The summed E-state index contributed by atoms with van der Waals surface area (Å²) in [6.07, 6.45) is 3.28. The van der Waals surface area contributed by atoms with Crippen LogP contribution in [0.2, 0.25) is 0 Å². The van der Waals surface area contributed by atoms with E-state index >= 15 is 0 Å². The lowest BCUT2D eigenvalue weighted by molar-refractivity contribution is 0.00577. The molecule has 0 saturated heterocycles. The molecule has 0 unspecified atom stereocenters. The monoisotopic (exact) mass is 269 g/mol. The van der Waals surface area contributed by atoms with Gasteiger partial charge in [-0.05, 0) is 47.0 Å². The van der Waals surface area contributed by atoms with Crippen molar-refractivity contribution in [1.82, 2.24) is 5.16 Å². The Balaban J connectivity index is 2.71. The zero-order chi connectivity index (χ0) is 14.5. The smallest absolute Gasteiger partial charge is 0.361 e. The molecule has 0 amide bonds. The fourth-order valence-corrected chi connectivity index (χ4v) is 1.76. The van der Waals surface area contributed by atoms with Crippen molar-refractivity contribution < 1.29 is 19.2 Å². The Bertz CT molecular complexity index is 418. The highest BCUT2D eigenvalue weighted by Crippen LogP contribution is 2.20. The summed E-state index contributed by atoms with van der Waals surface area (Å²) < 4.78 is 10.4. The van der Waals surface area contributed by atoms with Gasteiger partial charge in [0.25, 0.3) is 0 Å². The van der Waals surface area contributed by atoms with Crippen molar-refractivity contribution in [3.63, 3.8) is 0 Å². The zero-order valence-electron chi connectivity index (χ0n) is 12.2. The predicted octanol–water partition coefficient (Wildman–Crippen LogP) is 2.64. The largest absolute Gasteiger partial charge is 0.455 e. The maximum atomic E-state index is 12.0. The van der Waals surface area contributed by atoms with Gasteiger partial charge in [-0.15, -0.1) is 0 Å². The summed E-state index contributed by atoms with van der Waals surface area (Å²) in [7, 11) is 0. The molecule has 1 heterocycles. The molecule has 108 valence electrons. The second-order valence-electron chi connectivity index (χ2n) is 5.60. The molecule has 1 rings (SSSR count). The van der Waals surface area contributed by atoms with Crippen LogP contribution in [0.25, 0.3) is 0 Å². The molecule has 0 aliphatic rings. The van der Waals surface area contributed by atoms with E-state index in [4.69, 9.17) is 14.4 Å². The van der Waals surface area contributed by atoms with E-state index in [1.807, 2.05) is 20.8 Å². The molecule has 0 aliphatic heterocycles. The van der Waals surface area contributed by atoms with Crippen LogP contribution in [0.3, 0.4) is 0 Å². The first-order valence-electron chi connectivity index (χ1n) is 6.64. The highest BCUT2D eigenvalue weighted by molar-refractivity contribution is 5.89. The molecular weight excluding hydrogens is 246 g/mol. The van der Waals surface area contributed by atoms with Gasteiger partial charge < -0.3 is 14.4 Å². The van der Waals surface area contributed by atoms with E-state index in [9.17, 15) is 4.79 Å². The first-order valence-corrected chi connectivity index (χ1v) is 6.64. The van der Waals surface area contributed by atoms with E-state index in [0.29, 0.717) is 12.2 Å². The topological polar surface area (TPSA) is 72.6 Å². The first kappa shape index (κ1) is 15.7. The lowest BCUT2D eigenvalue weighted by atomic mass is 10.1. The van der Waals surface area contributed by atoms with Gasteiger partial charge in [-0.3, -0.25) is 0 Å². The Morgan fingerprint density at radius 1 is 1.32 bits per heavy atom. The predicted molar refractivity (Wildman–Crippen MR) is 71.0 cm³/mol. The van der Waals surface area contributed by atoms with E-state index in [1.54, 1.807) is 6.92 Å². The number of hydrogen-bond acceptors (Lipinski definition) is 5. The van der Waals surface area contributed by atoms with Crippen LogP contribution < -0.4 is 0 Å². The second kappa shape index (κ2) is 6.70. The Hall–Kier alpha value is -1.36. The van der Waals surface area contributed by atoms with Crippen LogP contribution >= 0.6 is 0 Å². The van der Waals surface area contributed by atoms with E-state index < -0.39 is 11.6 Å². The average molecular weight is 269 g/mol. The Labute approximate surface area is 113 Å². The molecular formula is C14H23NO4. The van der Waals surface area contributed by atoms with Crippen LogP contribution in [-0.2, 0) is 11.2 Å². The summed E-state index contributed by atoms with van der Waals surface area (Å²) in [5.74, 6) is 0.214. The fraction of sp³-hybridized carbons (Fsp3) is 0.714. The number of esters is 1. The van der Waals surface area contributed by atoms with E-state index in [0.717, 1.165) is 24.8 Å². The first-order chi connectivity index (χ1) is 8.85. The molecule has 5 heteroatoms. The van der Waals surface area contributed by atoms with Gasteiger partial charge in [0.05, 0.1) is 0 Å². The molecule has 0 aliphatic carbocycles. The van der Waals surface area contributed by atoms with Gasteiger partial charge in [0, 0.05) is 12.2 Å².